The van der Waals surface area contributed by atoms with Crippen molar-refractivity contribution in [3.8, 4) is 0 Å². The monoisotopic (exact) mass is 494 g/mol. The number of amides is 2. The maximum Gasteiger partial charge on any atom is 0.433 e. The molecule has 0 bridgehead atoms. The number of fused-ring (bicyclic) bond motifs is 1. The maximum atomic E-state index is 12.8. The lowest BCUT2D eigenvalue weighted by Gasteiger charge is -2.08. The Balaban J connectivity index is 1.51. The number of hydrogen-bond donors (Lipinski definition) is 4. The molecule has 0 spiro atoms. The Kier molecular flexibility index (Phi) is 9.11. The molecule has 0 saturated heterocycles. The summed E-state index contributed by atoms with van der Waals surface area (Å²) in [6, 6.07) is 7.89. The topological polar surface area (TPSA) is 130 Å². The number of rotatable bonds is 12. The molecule has 13 heteroatoms. The highest BCUT2D eigenvalue weighted by Crippen LogP contribution is 2.27. The van der Waals surface area contributed by atoms with Gasteiger partial charge in [-0.3, -0.25) is 14.3 Å². The summed E-state index contributed by atoms with van der Waals surface area (Å²) in [7, 11) is 0. The number of ether oxygens (including phenoxy) is 1. The van der Waals surface area contributed by atoms with E-state index in [-0.39, 0.29) is 31.4 Å². The van der Waals surface area contributed by atoms with Crippen molar-refractivity contribution in [2.75, 3.05) is 44.8 Å². The van der Waals surface area contributed by atoms with Crippen molar-refractivity contribution in [2.45, 2.75) is 12.7 Å². The number of aliphatic hydroxyl groups excluding tert-OH is 1. The molecule has 0 saturated carbocycles. The Morgan fingerprint density at radius 2 is 1.91 bits per heavy atom. The van der Waals surface area contributed by atoms with Crippen LogP contribution in [0.4, 0.5) is 18.9 Å². The Hall–Kier alpha value is -3.55. The fraction of sp³-hybridized carbons (Fsp3) is 0.364. The average molecular weight is 494 g/mol. The third-order valence-corrected chi connectivity index (χ3v) is 4.67. The quantitative estimate of drug-likeness (QED) is 0.280. The second kappa shape index (κ2) is 12.2. The van der Waals surface area contributed by atoms with Gasteiger partial charge in [0.15, 0.2) is 0 Å². The number of pyridine rings is 1. The van der Waals surface area contributed by atoms with Crippen molar-refractivity contribution in [2.24, 2.45) is 0 Å². The Morgan fingerprint density at radius 1 is 1.09 bits per heavy atom. The lowest BCUT2D eigenvalue weighted by molar-refractivity contribution is -0.141. The van der Waals surface area contributed by atoms with Gasteiger partial charge in [-0.05, 0) is 30.3 Å². The number of carbonyl (C=O) groups excluding carboxylic acids is 2. The molecular weight excluding hydrogens is 469 g/mol. The average Bonchev–Trinajstić information content (AvgIpc) is 3.21. The first kappa shape index (κ1) is 26.1. The fourth-order valence-corrected chi connectivity index (χ4v) is 3.08. The van der Waals surface area contributed by atoms with E-state index in [0.29, 0.717) is 42.8 Å². The highest BCUT2D eigenvalue weighted by Gasteiger charge is 2.32. The van der Waals surface area contributed by atoms with E-state index >= 15 is 0 Å². The van der Waals surface area contributed by atoms with Gasteiger partial charge >= 0.3 is 6.18 Å². The van der Waals surface area contributed by atoms with E-state index in [1.54, 1.807) is 24.4 Å². The van der Waals surface area contributed by atoms with E-state index in [9.17, 15) is 22.8 Å². The maximum absolute atomic E-state index is 12.8. The molecule has 0 aliphatic carbocycles. The molecule has 188 valence electrons. The van der Waals surface area contributed by atoms with Crippen LogP contribution >= 0.6 is 0 Å². The van der Waals surface area contributed by atoms with Crippen LogP contribution in [0.15, 0.2) is 42.6 Å². The van der Waals surface area contributed by atoms with Crippen LogP contribution in [0.1, 0.15) is 16.2 Å². The number of halogens is 3. The van der Waals surface area contributed by atoms with E-state index in [0.717, 1.165) is 12.1 Å². The number of hydrogen-bond acceptors (Lipinski definition) is 7. The molecule has 2 heterocycles. The van der Waals surface area contributed by atoms with Crippen LogP contribution in [0.2, 0.25) is 0 Å². The van der Waals surface area contributed by atoms with E-state index in [1.807, 2.05) is 0 Å². The summed E-state index contributed by atoms with van der Waals surface area (Å²) in [4.78, 5) is 27.9. The first-order valence-corrected chi connectivity index (χ1v) is 10.7. The van der Waals surface area contributed by atoms with Crippen LogP contribution < -0.4 is 16.0 Å². The third-order valence-electron chi connectivity index (χ3n) is 4.67. The summed E-state index contributed by atoms with van der Waals surface area (Å²) in [5.74, 6) is -1.02. The van der Waals surface area contributed by atoms with Crippen LogP contribution in [0.25, 0.3) is 10.9 Å². The highest BCUT2D eigenvalue weighted by molar-refractivity contribution is 6.03. The Morgan fingerprint density at radius 3 is 2.69 bits per heavy atom. The number of benzene rings is 1. The van der Waals surface area contributed by atoms with Crippen LogP contribution in [0, 0.1) is 0 Å². The molecule has 2 amide bonds. The number of anilines is 1. The van der Waals surface area contributed by atoms with Gasteiger partial charge in [0.05, 0.1) is 25.3 Å². The lowest BCUT2D eigenvalue weighted by atomic mass is 10.2. The predicted molar refractivity (Wildman–Crippen MR) is 121 cm³/mol. The van der Waals surface area contributed by atoms with Crippen molar-refractivity contribution in [3.05, 3.63) is 54.0 Å². The Bertz CT molecular complexity index is 1150. The third kappa shape index (κ3) is 8.02. The molecule has 35 heavy (non-hydrogen) atoms. The zero-order chi connectivity index (χ0) is 25.3. The molecule has 0 unspecified atom stereocenters. The minimum absolute atomic E-state index is 0.00978. The van der Waals surface area contributed by atoms with E-state index in [4.69, 9.17) is 9.84 Å². The number of nitrogens with one attached hydrogen (secondary N) is 3. The minimum atomic E-state index is -4.65. The fourth-order valence-electron chi connectivity index (χ4n) is 3.08. The summed E-state index contributed by atoms with van der Waals surface area (Å²) < 4.78 is 45.1. The summed E-state index contributed by atoms with van der Waals surface area (Å²) in [6.45, 7) is 2.29. The van der Waals surface area contributed by atoms with Crippen molar-refractivity contribution in [3.63, 3.8) is 0 Å². The van der Waals surface area contributed by atoms with Crippen molar-refractivity contribution < 1.29 is 32.6 Å². The van der Waals surface area contributed by atoms with E-state index in [1.165, 1.54) is 10.7 Å². The first-order valence-electron chi connectivity index (χ1n) is 10.7. The number of alkyl halides is 3. The molecule has 0 fully saturated rings. The minimum Gasteiger partial charge on any atom is -0.394 e. The number of aliphatic hydroxyl groups is 1. The lowest BCUT2D eigenvalue weighted by Crippen LogP contribution is -2.35. The van der Waals surface area contributed by atoms with Crippen LogP contribution in [-0.4, -0.2) is 71.1 Å². The second-order valence-corrected chi connectivity index (χ2v) is 7.40. The van der Waals surface area contributed by atoms with Gasteiger partial charge in [-0.15, -0.1) is 0 Å². The number of nitrogens with zero attached hydrogens (tertiary/aromatic N) is 3. The Labute approximate surface area is 198 Å². The van der Waals surface area contributed by atoms with Gasteiger partial charge in [-0.2, -0.15) is 18.3 Å². The van der Waals surface area contributed by atoms with Gasteiger partial charge in [0.2, 0.25) is 5.91 Å². The summed E-state index contributed by atoms with van der Waals surface area (Å²) in [5.41, 5.74) is -0.584. The second-order valence-electron chi connectivity index (χ2n) is 7.40. The SMILES string of the molecule is O=C(Cn1cc2cc(NC(=O)c3cccc(C(F)(F)F)n3)ccc2n1)NCCNCCOCCO. The normalized spacial score (nSPS) is 11.5. The molecule has 0 aliphatic rings. The van der Waals surface area contributed by atoms with E-state index in [2.05, 4.69) is 26.0 Å². The molecule has 2 aromatic heterocycles. The number of aromatic nitrogens is 3. The summed E-state index contributed by atoms with van der Waals surface area (Å²) in [6.07, 6.45) is -3.02. The predicted octanol–water partition coefficient (Wildman–Crippen LogP) is 1.42. The molecule has 1 aromatic carbocycles. The van der Waals surface area contributed by atoms with Gasteiger partial charge in [0, 0.05) is 36.9 Å². The van der Waals surface area contributed by atoms with Crippen LogP contribution in [-0.2, 0) is 22.3 Å². The van der Waals surface area contributed by atoms with Gasteiger partial charge in [0.1, 0.15) is 17.9 Å². The van der Waals surface area contributed by atoms with Gasteiger partial charge in [0.25, 0.3) is 5.91 Å². The zero-order valence-corrected chi connectivity index (χ0v) is 18.6. The summed E-state index contributed by atoms with van der Waals surface area (Å²) >= 11 is 0. The molecular formula is C22H25F3N6O4. The molecule has 10 nitrogen and oxygen atoms in total. The molecule has 0 aliphatic heterocycles. The molecule has 4 N–H and O–H groups in total. The van der Waals surface area contributed by atoms with Gasteiger partial charge in [-0.1, -0.05) is 6.07 Å². The van der Waals surface area contributed by atoms with Gasteiger partial charge < -0.3 is 25.8 Å². The summed E-state index contributed by atoms with van der Waals surface area (Å²) in [5, 5.41) is 21.9. The van der Waals surface area contributed by atoms with Crippen molar-refractivity contribution >= 4 is 28.4 Å². The standard InChI is InChI=1S/C22H25F3N6O4/c23-22(24,25)19-3-1-2-18(29-19)21(34)28-16-4-5-17-15(12-16)13-31(30-17)14-20(33)27-7-6-26-8-10-35-11-9-32/h1-5,12-13,26,32H,6-11,14H2,(H,27,33)(H,28,34). The highest BCUT2D eigenvalue weighted by atomic mass is 19.4. The van der Waals surface area contributed by atoms with Crippen molar-refractivity contribution in [1.82, 2.24) is 25.4 Å². The first-order chi connectivity index (χ1) is 16.8. The number of carbonyl (C=O) groups is 2. The van der Waals surface area contributed by atoms with Crippen LogP contribution in [0.5, 0.6) is 0 Å². The smallest absolute Gasteiger partial charge is 0.394 e. The zero-order valence-electron chi connectivity index (χ0n) is 18.6. The largest absolute Gasteiger partial charge is 0.433 e. The molecule has 0 radical (unpaired) electrons. The molecule has 3 aromatic rings. The van der Waals surface area contributed by atoms with Gasteiger partial charge in [-0.25, -0.2) is 4.98 Å². The van der Waals surface area contributed by atoms with Crippen molar-refractivity contribution in [1.29, 1.82) is 0 Å². The van der Waals surface area contributed by atoms with Crippen LogP contribution in [0.3, 0.4) is 0 Å². The molecule has 0 atom stereocenters. The molecule has 3 rings (SSSR count). The van der Waals surface area contributed by atoms with E-state index < -0.39 is 17.8 Å².